The van der Waals surface area contributed by atoms with Crippen LogP contribution in [0.3, 0.4) is 0 Å². The number of amides is 1. The first-order valence-corrected chi connectivity index (χ1v) is 10.6. The van der Waals surface area contributed by atoms with Crippen LogP contribution < -0.4 is 14.8 Å². The number of nitriles is 1. The number of nitrogens with one attached hydrogen (secondary N) is 1. The van der Waals surface area contributed by atoms with E-state index in [2.05, 4.69) is 5.32 Å². The second-order valence-corrected chi connectivity index (χ2v) is 6.91. The third kappa shape index (κ3) is 8.67. The van der Waals surface area contributed by atoms with Crippen molar-refractivity contribution >= 4 is 29.6 Å². The fourth-order valence-electron chi connectivity index (χ4n) is 2.65. The van der Waals surface area contributed by atoms with Crippen molar-refractivity contribution in [3.05, 3.63) is 59.7 Å². The Hall–Kier alpha value is -4.32. The number of nitrogens with zero attached hydrogens (tertiary/aromatic N) is 1. The van der Waals surface area contributed by atoms with E-state index in [9.17, 15) is 14.4 Å². The highest BCUT2D eigenvalue weighted by Crippen LogP contribution is 2.28. The number of benzene rings is 2. The predicted octanol–water partition coefficient (Wildman–Crippen LogP) is 3.75. The molecule has 2 aromatic rings. The number of ether oxygens (including phenoxy) is 4. The van der Waals surface area contributed by atoms with Crippen molar-refractivity contribution in [2.24, 2.45) is 0 Å². The van der Waals surface area contributed by atoms with Crippen molar-refractivity contribution < 1.29 is 33.3 Å². The van der Waals surface area contributed by atoms with Crippen LogP contribution in [0.1, 0.15) is 35.7 Å². The second kappa shape index (κ2) is 14.0. The molecule has 0 saturated carbocycles. The van der Waals surface area contributed by atoms with Gasteiger partial charge in [0.2, 0.25) is 0 Å². The Bertz CT molecular complexity index is 1060. The zero-order valence-electron chi connectivity index (χ0n) is 19.0. The van der Waals surface area contributed by atoms with Crippen LogP contribution in [-0.2, 0) is 19.1 Å². The minimum atomic E-state index is -0.705. The molecule has 0 atom stereocenters. The lowest BCUT2D eigenvalue weighted by atomic mass is 10.2. The maximum atomic E-state index is 12.0. The number of methoxy groups -OCH3 is 1. The van der Waals surface area contributed by atoms with E-state index >= 15 is 0 Å². The van der Waals surface area contributed by atoms with Gasteiger partial charge in [-0.15, -0.1) is 0 Å². The van der Waals surface area contributed by atoms with Gasteiger partial charge < -0.3 is 24.3 Å². The molecule has 0 aliphatic heterocycles. The minimum absolute atomic E-state index is 0.115. The van der Waals surface area contributed by atoms with E-state index in [0.29, 0.717) is 34.9 Å². The molecule has 1 N–H and O–H groups in total. The molecule has 178 valence electrons. The number of hydrogen-bond acceptors (Lipinski definition) is 8. The lowest BCUT2D eigenvalue weighted by molar-refractivity contribution is -0.142. The van der Waals surface area contributed by atoms with E-state index in [0.717, 1.165) is 12.8 Å². The molecule has 9 heteroatoms. The summed E-state index contributed by atoms with van der Waals surface area (Å²) in [5.41, 5.74) is 1.47. The number of rotatable bonds is 12. The lowest BCUT2D eigenvalue weighted by Crippen LogP contribution is -2.20. The maximum absolute atomic E-state index is 12.0. The molecule has 0 radical (unpaired) electrons. The van der Waals surface area contributed by atoms with Crippen molar-refractivity contribution in [3.8, 4) is 17.6 Å². The zero-order chi connectivity index (χ0) is 24.8. The van der Waals surface area contributed by atoms with Crippen LogP contribution in [0.4, 0.5) is 5.69 Å². The van der Waals surface area contributed by atoms with Crippen LogP contribution in [-0.4, -0.2) is 44.8 Å². The van der Waals surface area contributed by atoms with E-state index in [1.54, 1.807) is 42.5 Å². The molecule has 0 aliphatic carbocycles. The van der Waals surface area contributed by atoms with E-state index < -0.39 is 24.5 Å². The molecule has 0 unspecified atom stereocenters. The van der Waals surface area contributed by atoms with Crippen LogP contribution in [0.15, 0.2) is 48.5 Å². The fourth-order valence-corrected chi connectivity index (χ4v) is 2.65. The number of anilines is 1. The predicted molar refractivity (Wildman–Crippen MR) is 124 cm³/mol. The first kappa shape index (κ1) is 25.9. The number of hydrogen-bond donors (Lipinski definition) is 1. The van der Waals surface area contributed by atoms with Crippen LogP contribution >= 0.6 is 0 Å². The smallest absolute Gasteiger partial charge is 0.338 e. The number of carbonyl (C=O) groups excluding carboxylic acids is 3. The summed E-state index contributed by atoms with van der Waals surface area (Å²) in [6, 6.07) is 13.0. The molecule has 0 aromatic heterocycles. The van der Waals surface area contributed by atoms with Crippen LogP contribution in [0.5, 0.6) is 11.5 Å². The van der Waals surface area contributed by atoms with Crippen molar-refractivity contribution in [2.45, 2.75) is 19.8 Å². The Morgan fingerprint density at radius 1 is 1.06 bits per heavy atom. The molecular formula is C25H26N2O7. The van der Waals surface area contributed by atoms with Gasteiger partial charge in [0, 0.05) is 11.8 Å². The monoisotopic (exact) mass is 466 g/mol. The molecule has 9 nitrogen and oxygen atoms in total. The van der Waals surface area contributed by atoms with Crippen LogP contribution in [0.2, 0.25) is 0 Å². The first-order chi connectivity index (χ1) is 16.5. The highest BCUT2D eigenvalue weighted by atomic mass is 16.5. The molecule has 0 heterocycles. The van der Waals surface area contributed by atoms with E-state index in [1.807, 2.05) is 13.0 Å². The van der Waals surface area contributed by atoms with Gasteiger partial charge in [0.05, 0.1) is 19.3 Å². The maximum Gasteiger partial charge on any atom is 0.338 e. The van der Waals surface area contributed by atoms with E-state index in [1.165, 1.54) is 19.3 Å². The summed E-state index contributed by atoms with van der Waals surface area (Å²) in [6.07, 6.45) is 4.40. The molecule has 2 rings (SSSR count). The van der Waals surface area contributed by atoms with Gasteiger partial charge in [0.1, 0.15) is 6.07 Å². The minimum Gasteiger partial charge on any atom is -0.493 e. The van der Waals surface area contributed by atoms with Crippen molar-refractivity contribution in [1.29, 1.82) is 5.26 Å². The van der Waals surface area contributed by atoms with E-state index in [-0.39, 0.29) is 6.61 Å². The average Bonchev–Trinajstić information content (AvgIpc) is 2.85. The largest absolute Gasteiger partial charge is 0.493 e. The SMILES string of the molecule is CCCCOC(=O)c1ccc(NC(=O)COC(=O)/C=C/c2ccc(OCC#N)c(OC)c2)cc1. The Balaban J connectivity index is 1.81. The summed E-state index contributed by atoms with van der Waals surface area (Å²) >= 11 is 0. The normalized spacial score (nSPS) is 10.3. The van der Waals surface area contributed by atoms with Gasteiger partial charge in [-0.05, 0) is 54.5 Å². The van der Waals surface area contributed by atoms with Crippen molar-refractivity contribution in [3.63, 3.8) is 0 Å². The number of unbranched alkanes of at least 4 members (excludes halogenated alkanes) is 1. The van der Waals surface area contributed by atoms with E-state index in [4.69, 9.17) is 24.2 Å². The average molecular weight is 466 g/mol. The highest BCUT2D eigenvalue weighted by Gasteiger charge is 2.09. The van der Waals surface area contributed by atoms with Crippen molar-refractivity contribution in [1.82, 2.24) is 0 Å². The topological polar surface area (TPSA) is 124 Å². The Morgan fingerprint density at radius 3 is 2.50 bits per heavy atom. The van der Waals surface area contributed by atoms with Gasteiger partial charge >= 0.3 is 11.9 Å². The van der Waals surface area contributed by atoms with Crippen LogP contribution in [0.25, 0.3) is 6.08 Å². The molecule has 1 amide bonds. The zero-order valence-corrected chi connectivity index (χ0v) is 19.0. The third-order valence-electron chi connectivity index (χ3n) is 4.37. The molecule has 34 heavy (non-hydrogen) atoms. The molecule has 0 bridgehead atoms. The molecule has 0 spiro atoms. The molecule has 0 aliphatic rings. The number of esters is 2. The molecule has 0 fully saturated rings. The summed E-state index contributed by atoms with van der Waals surface area (Å²) in [7, 11) is 1.46. The molecular weight excluding hydrogens is 440 g/mol. The Labute approximate surface area is 197 Å². The van der Waals surface area contributed by atoms with Gasteiger partial charge in [-0.2, -0.15) is 5.26 Å². The Morgan fingerprint density at radius 2 is 1.82 bits per heavy atom. The third-order valence-corrected chi connectivity index (χ3v) is 4.37. The first-order valence-electron chi connectivity index (χ1n) is 10.6. The second-order valence-electron chi connectivity index (χ2n) is 6.91. The van der Waals surface area contributed by atoms with Gasteiger partial charge in [-0.25, -0.2) is 9.59 Å². The Kier molecular flexibility index (Phi) is 10.6. The summed E-state index contributed by atoms with van der Waals surface area (Å²) in [5.74, 6) is -0.842. The summed E-state index contributed by atoms with van der Waals surface area (Å²) < 4.78 is 20.5. The summed E-state index contributed by atoms with van der Waals surface area (Å²) in [4.78, 5) is 35.9. The quantitative estimate of drug-likeness (QED) is 0.285. The van der Waals surface area contributed by atoms with Gasteiger partial charge in [0.15, 0.2) is 24.7 Å². The lowest BCUT2D eigenvalue weighted by Gasteiger charge is -2.09. The summed E-state index contributed by atoms with van der Waals surface area (Å²) in [5, 5.41) is 11.2. The molecule has 2 aromatic carbocycles. The highest BCUT2D eigenvalue weighted by molar-refractivity contribution is 5.95. The number of carbonyl (C=O) groups is 3. The fraction of sp³-hybridized carbons (Fsp3) is 0.280. The van der Waals surface area contributed by atoms with Crippen molar-refractivity contribution in [2.75, 3.05) is 32.2 Å². The van der Waals surface area contributed by atoms with Gasteiger partial charge in [-0.3, -0.25) is 4.79 Å². The van der Waals surface area contributed by atoms with Gasteiger partial charge in [-0.1, -0.05) is 19.4 Å². The van der Waals surface area contributed by atoms with Crippen LogP contribution in [0, 0.1) is 11.3 Å². The standard InChI is InChI=1S/C25H26N2O7/c1-3-4-14-33-25(30)19-7-9-20(10-8-19)27-23(28)17-34-24(29)12-6-18-5-11-21(32-15-13-26)22(16-18)31-2/h5-12,16H,3-4,14-15,17H2,1-2H3,(H,27,28)/b12-6+. The van der Waals surface area contributed by atoms with Gasteiger partial charge in [0.25, 0.3) is 5.91 Å². The summed E-state index contributed by atoms with van der Waals surface area (Å²) in [6.45, 7) is 1.78. The molecule has 0 saturated heterocycles.